The van der Waals surface area contributed by atoms with E-state index in [0.29, 0.717) is 191 Å². The number of hydrogen-bond donors (Lipinski definition) is 2. The highest BCUT2D eigenvalue weighted by molar-refractivity contribution is 5.97. The number of ether oxygens (including phenoxy) is 11. The van der Waals surface area contributed by atoms with Gasteiger partial charge in [-0.05, 0) is 19.3 Å². The molecule has 18 nitrogen and oxygen atoms in total. The number of carbonyl (C=O) groups excluding carboxylic acids is 3. The minimum atomic E-state index is -0.0806. The molecule has 0 spiro atoms. The maximum absolute atomic E-state index is 11.9. The molecule has 1 aliphatic rings. The first-order chi connectivity index (χ1) is 27.6. The second-order valence-electron chi connectivity index (χ2n) is 11.7. The number of unbranched alkanes of at least 4 members (excludes halogenated alkanes) is 2. The molecule has 0 radical (unpaired) electrons. The number of amides is 3. The van der Waals surface area contributed by atoms with E-state index in [1.807, 2.05) is 13.8 Å². The van der Waals surface area contributed by atoms with E-state index >= 15 is 0 Å². The molecule has 1 saturated heterocycles. The summed E-state index contributed by atoms with van der Waals surface area (Å²) in [7, 11) is 1.71. The van der Waals surface area contributed by atoms with Crippen LogP contribution in [0.5, 0.6) is 0 Å². The molecule has 0 atom stereocenters. The van der Waals surface area contributed by atoms with Gasteiger partial charge in [0.1, 0.15) is 0 Å². The summed E-state index contributed by atoms with van der Waals surface area (Å²) in [6, 6.07) is 0. The Morgan fingerprint density at radius 2 is 0.804 bits per heavy atom. The lowest BCUT2D eigenvalue weighted by atomic mass is 10.1. The second-order valence-corrected chi connectivity index (χ2v) is 11.7. The predicted molar refractivity (Wildman–Crippen MR) is 207 cm³/mol. The first kappa shape index (κ1) is 54.1. The Hall–Kier alpha value is -1.91. The summed E-state index contributed by atoms with van der Waals surface area (Å²) in [6.45, 7) is 16.1. The fraction of sp³-hybridized carbons (Fsp3) is 0.921. The van der Waals surface area contributed by atoms with Gasteiger partial charge in [0.05, 0.1) is 152 Å². The van der Waals surface area contributed by atoms with Gasteiger partial charge in [-0.25, -0.2) is 5.48 Å². The Kier molecular flexibility index (Phi) is 44.2. The fourth-order valence-corrected chi connectivity index (χ4v) is 4.64. The zero-order valence-corrected chi connectivity index (χ0v) is 34.7. The van der Waals surface area contributed by atoms with Crippen molar-refractivity contribution in [3.05, 3.63) is 0 Å². The zero-order chi connectivity index (χ0) is 40.8. The largest absolute Gasteiger partial charge is 0.377 e. The van der Waals surface area contributed by atoms with E-state index in [9.17, 15) is 14.4 Å². The van der Waals surface area contributed by atoms with Crippen molar-refractivity contribution in [1.29, 1.82) is 0 Å². The van der Waals surface area contributed by atoms with Gasteiger partial charge in [-0.3, -0.25) is 24.1 Å². The first-order valence-corrected chi connectivity index (χ1v) is 20.4. The fourth-order valence-electron chi connectivity index (χ4n) is 4.64. The molecule has 0 aliphatic carbocycles. The lowest BCUT2D eigenvalue weighted by molar-refractivity contribution is -0.148. The SMILES string of the molecule is CC.CNOCCOCCOCCOCCOCCOCCOCCOCCOCCOCCOCCOCCNC(=O)CCCCCN1C(=O)CCCC1=O. The van der Waals surface area contributed by atoms with Gasteiger partial charge in [0.2, 0.25) is 17.7 Å². The van der Waals surface area contributed by atoms with Crippen molar-refractivity contribution in [3.63, 3.8) is 0 Å². The van der Waals surface area contributed by atoms with Crippen LogP contribution in [-0.4, -0.2) is 195 Å². The second kappa shape index (κ2) is 45.8. The van der Waals surface area contributed by atoms with Crippen LogP contribution < -0.4 is 10.8 Å². The number of nitrogens with zero attached hydrogens (tertiary/aromatic N) is 1. The number of nitrogens with one attached hydrogen (secondary N) is 2. The van der Waals surface area contributed by atoms with Gasteiger partial charge in [0.15, 0.2) is 0 Å². The summed E-state index contributed by atoms with van der Waals surface area (Å²) in [4.78, 5) is 41.8. The van der Waals surface area contributed by atoms with Crippen molar-refractivity contribution in [2.75, 3.05) is 172 Å². The summed E-state index contributed by atoms with van der Waals surface area (Å²) in [6.07, 6.45) is 4.20. The van der Waals surface area contributed by atoms with Crippen LogP contribution >= 0.6 is 0 Å². The van der Waals surface area contributed by atoms with Crippen LogP contribution in [0.2, 0.25) is 0 Å². The van der Waals surface area contributed by atoms with Crippen LogP contribution in [0.4, 0.5) is 0 Å². The van der Waals surface area contributed by atoms with Crippen LogP contribution in [0.3, 0.4) is 0 Å². The molecular weight excluding hydrogens is 738 g/mol. The summed E-state index contributed by atoms with van der Waals surface area (Å²) in [5.74, 6) is -0.190. The minimum Gasteiger partial charge on any atom is -0.377 e. The smallest absolute Gasteiger partial charge is 0.229 e. The number of imide groups is 1. The van der Waals surface area contributed by atoms with Crippen LogP contribution in [-0.2, 0) is 71.3 Å². The topological polar surface area (TPSA) is 189 Å². The summed E-state index contributed by atoms with van der Waals surface area (Å²) in [5.41, 5.74) is 2.58. The molecule has 2 N–H and O–H groups in total. The number of hydroxylamine groups is 1. The van der Waals surface area contributed by atoms with Gasteiger partial charge in [-0.1, -0.05) is 20.3 Å². The number of hydrogen-bond acceptors (Lipinski definition) is 16. The maximum Gasteiger partial charge on any atom is 0.229 e. The normalized spacial score (nSPS) is 12.9. The highest BCUT2D eigenvalue weighted by Crippen LogP contribution is 2.13. The number of carbonyl (C=O) groups is 3. The summed E-state index contributed by atoms with van der Waals surface area (Å²) >= 11 is 0. The van der Waals surface area contributed by atoms with E-state index in [2.05, 4.69) is 10.8 Å². The van der Waals surface area contributed by atoms with Gasteiger partial charge >= 0.3 is 0 Å². The van der Waals surface area contributed by atoms with Crippen molar-refractivity contribution < 1.29 is 71.3 Å². The molecule has 3 amide bonds. The summed E-state index contributed by atoms with van der Waals surface area (Å²) in [5, 5.41) is 2.83. The molecule has 1 rings (SSSR count). The van der Waals surface area contributed by atoms with Crippen molar-refractivity contribution >= 4 is 17.7 Å². The van der Waals surface area contributed by atoms with E-state index in [1.165, 1.54) is 4.90 Å². The quantitative estimate of drug-likeness (QED) is 0.0512. The molecule has 0 aromatic rings. The van der Waals surface area contributed by atoms with Gasteiger partial charge in [-0.2, -0.15) is 0 Å². The van der Waals surface area contributed by atoms with Crippen molar-refractivity contribution in [2.24, 2.45) is 0 Å². The van der Waals surface area contributed by atoms with Crippen LogP contribution in [0.25, 0.3) is 0 Å². The van der Waals surface area contributed by atoms with Crippen LogP contribution in [0.15, 0.2) is 0 Å². The van der Waals surface area contributed by atoms with Crippen LogP contribution in [0, 0.1) is 0 Å². The standard InChI is InChI=1S/C36H69N3O15.C2H6/c1-37-54-33-32-53-31-30-52-29-28-51-27-26-50-25-24-49-23-22-48-21-20-47-19-18-46-17-16-45-15-14-44-13-12-43-11-9-38-34(40)6-3-2-4-10-39-35(41)7-5-8-36(39)42;1-2/h37H,2-33H2,1H3,(H,38,40);1-2H3. The number of rotatable bonds is 43. The molecular formula is C38H75N3O15. The molecule has 0 unspecified atom stereocenters. The molecule has 1 fully saturated rings. The molecule has 0 bridgehead atoms. The molecule has 0 aromatic heterocycles. The maximum atomic E-state index is 11.9. The van der Waals surface area contributed by atoms with E-state index < -0.39 is 0 Å². The molecule has 0 saturated carbocycles. The zero-order valence-electron chi connectivity index (χ0n) is 34.7. The third-order valence-corrected chi connectivity index (χ3v) is 7.43. The van der Waals surface area contributed by atoms with Gasteiger partial charge in [-0.15, -0.1) is 0 Å². The lowest BCUT2D eigenvalue weighted by Crippen LogP contribution is -2.40. The highest BCUT2D eigenvalue weighted by atomic mass is 16.7. The van der Waals surface area contributed by atoms with Crippen molar-refractivity contribution in [2.45, 2.75) is 58.8 Å². The summed E-state index contributed by atoms with van der Waals surface area (Å²) < 4.78 is 60.0. The van der Waals surface area contributed by atoms with Crippen molar-refractivity contribution in [1.82, 2.24) is 15.7 Å². The Labute approximate surface area is 335 Å². The van der Waals surface area contributed by atoms with E-state index in [4.69, 9.17) is 56.9 Å². The average molecular weight is 814 g/mol. The predicted octanol–water partition coefficient (Wildman–Crippen LogP) is 1.56. The van der Waals surface area contributed by atoms with Gasteiger partial charge < -0.3 is 57.4 Å². The Bertz CT molecular complexity index is 847. The molecule has 18 heteroatoms. The Morgan fingerprint density at radius 3 is 1.14 bits per heavy atom. The number of piperidine rings is 1. The van der Waals surface area contributed by atoms with Gasteiger partial charge in [0.25, 0.3) is 0 Å². The highest BCUT2D eigenvalue weighted by Gasteiger charge is 2.24. The third kappa shape index (κ3) is 38.9. The average Bonchev–Trinajstić information content (AvgIpc) is 3.20. The van der Waals surface area contributed by atoms with Gasteiger partial charge in [0, 0.05) is 39.4 Å². The first-order valence-electron chi connectivity index (χ1n) is 20.4. The van der Waals surface area contributed by atoms with E-state index in [-0.39, 0.29) is 17.7 Å². The molecule has 0 aromatic carbocycles. The molecule has 1 aliphatic heterocycles. The van der Waals surface area contributed by atoms with Crippen molar-refractivity contribution in [3.8, 4) is 0 Å². The van der Waals surface area contributed by atoms with E-state index in [0.717, 1.165) is 19.3 Å². The Balaban J connectivity index is 0.0000149. The van der Waals surface area contributed by atoms with Crippen LogP contribution in [0.1, 0.15) is 58.8 Å². The number of likely N-dealkylation sites (tertiary alicyclic amines) is 1. The molecule has 332 valence electrons. The molecule has 56 heavy (non-hydrogen) atoms. The Morgan fingerprint density at radius 1 is 0.482 bits per heavy atom. The lowest BCUT2D eigenvalue weighted by Gasteiger charge is -2.24. The molecule has 1 heterocycles. The van der Waals surface area contributed by atoms with E-state index in [1.54, 1.807) is 7.05 Å². The third-order valence-electron chi connectivity index (χ3n) is 7.43. The monoisotopic (exact) mass is 814 g/mol. The minimum absolute atomic E-state index is 0.0291.